The van der Waals surface area contributed by atoms with Gasteiger partial charge >= 0.3 is 0 Å². The average molecular weight is 476 g/mol. The number of aryl methyl sites for hydroxylation is 1. The van der Waals surface area contributed by atoms with Crippen LogP contribution < -0.4 is 10.5 Å². The number of nitrogens with two attached hydrogens (primary N) is 1. The molecule has 1 unspecified atom stereocenters. The van der Waals surface area contributed by atoms with Gasteiger partial charge in [0.15, 0.2) is 11.6 Å². The predicted octanol–water partition coefficient (Wildman–Crippen LogP) is 4.62. The molecule has 8 heteroatoms. The summed E-state index contributed by atoms with van der Waals surface area (Å²) < 4.78 is 33.7. The molecular formula is C25H28ClF2N3O2. The molecule has 3 N–H and O–H groups in total. The van der Waals surface area contributed by atoms with Gasteiger partial charge in [0.1, 0.15) is 12.4 Å². The Kier molecular flexibility index (Phi) is 6.91. The molecule has 3 aromatic rings. The number of benzene rings is 2. The normalized spacial score (nSPS) is 17.5. The molecule has 1 aliphatic carbocycles. The molecular weight excluding hydrogens is 448 g/mol. The SMILES string of the molecule is Cl.NC(=O)c1ccc(F)c2c1CC(N(CCCc1c[nH]c3ccc(F)cc13)CC1CC1)CO2. The number of primary amides is 1. The molecule has 1 atom stereocenters. The Balaban J connectivity index is 0.00000259. The quantitative estimate of drug-likeness (QED) is 0.499. The van der Waals surface area contributed by atoms with Crippen molar-refractivity contribution < 1.29 is 18.3 Å². The van der Waals surface area contributed by atoms with Crippen LogP contribution in [0.5, 0.6) is 5.75 Å². The highest BCUT2D eigenvalue weighted by atomic mass is 35.5. The van der Waals surface area contributed by atoms with Crippen molar-refractivity contribution in [3.05, 3.63) is 64.9 Å². The number of aromatic nitrogens is 1. The van der Waals surface area contributed by atoms with Crippen LogP contribution in [-0.2, 0) is 12.8 Å². The van der Waals surface area contributed by atoms with Crippen LogP contribution in [0.2, 0.25) is 0 Å². The Morgan fingerprint density at radius 3 is 2.79 bits per heavy atom. The fraction of sp³-hybridized carbons (Fsp3) is 0.400. The summed E-state index contributed by atoms with van der Waals surface area (Å²) in [5.41, 5.74) is 8.48. The molecule has 0 bridgehead atoms. The van der Waals surface area contributed by atoms with Crippen molar-refractivity contribution in [2.24, 2.45) is 11.7 Å². The van der Waals surface area contributed by atoms with E-state index in [9.17, 15) is 13.6 Å². The van der Waals surface area contributed by atoms with Crippen molar-refractivity contribution in [1.29, 1.82) is 0 Å². The monoisotopic (exact) mass is 475 g/mol. The molecule has 0 radical (unpaired) electrons. The molecule has 1 fully saturated rings. The molecule has 2 heterocycles. The third-order valence-corrected chi connectivity index (χ3v) is 6.66. The zero-order chi connectivity index (χ0) is 22.2. The Morgan fingerprint density at radius 1 is 1.21 bits per heavy atom. The highest BCUT2D eigenvalue weighted by Crippen LogP contribution is 2.35. The molecule has 0 spiro atoms. The van der Waals surface area contributed by atoms with Crippen molar-refractivity contribution in [2.75, 3.05) is 19.7 Å². The number of carbonyl (C=O) groups excluding carboxylic acids is 1. The summed E-state index contributed by atoms with van der Waals surface area (Å²) >= 11 is 0. The topological polar surface area (TPSA) is 71.4 Å². The van der Waals surface area contributed by atoms with Crippen LogP contribution in [-0.4, -0.2) is 41.5 Å². The number of halogens is 3. The summed E-state index contributed by atoms with van der Waals surface area (Å²) in [6, 6.07) is 7.55. The number of aromatic amines is 1. The second-order valence-electron chi connectivity index (χ2n) is 8.98. The van der Waals surface area contributed by atoms with E-state index >= 15 is 0 Å². The van der Waals surface area contributed by atoms with Gasteiger partial charge in [0, 0.05) is 40.8 Å². The standard InChI is InChI=1S/C25H27F2N3O2.ClH/c26-17-5-8-23-20(10-17)16(12-29-23)2-1-9-30(13-15-3-4-15)18-11-21-19(25(28)31)6-7-22(27)24(21)32-14-18;/h5-8,10,12,15,18,29H,1-4,9,11,13-14H2,(H2,28,31);1H. The van der Waals surface area contributed by atoms with E-state index in [1.54, 1.807) is 12.1 Å². The Bertz CT molecular complexity index is 1160. The molecule has 33 heavy (non-hydrogen) atoms. The summed E-state index contributed by atoms with van der Waals surface area (Å²) in [4.78, 5) is 17.5. The maximum absolute atomic E-state index is 14.3. The molecule has 1 saturated carbocycles. The first-order valence-electron chi connectivity index (χ1n) is 11.2. The second-order valence-corrected chi connectivity index (χ2v) is 8.98. The molecule has 1 aromatic heterocycles. The zero-order valence-electron chi connectivity index (χ0n) is 18.3. The smallest absolute Gasteiger partial charge is 0.249 e. The number of hydrogen-bond donors (Lipinski definition) is 2. The summed E-state index contributed by atoms with van der Waals surface area (Å²) in [6.45, 7) is 2.20. The van der Waals surface area contributed by atoms with Crippen molar-refractivity contribution in [2.45, 2.75) is 38.1 Å². The number of ether oxygens (including phenoxy) is 1. The maximum Gasteiger partial charge on any atom is 0.249 e. The van der Waals surface area contributed by atoms with E-state index in [-0.39, 0.29) is 30.0 Å². The average Bonchev–Trinajstić information content (AvgIpc) is 3.51. The van der Waals surface area contributed by atoms with Crippen LogP contribution in [0.3, 0.4) is 0 Å². The molecule has 176 valence electrons. The van der Waals surface area contributed by atoms with Crippen LogP contribution in [0.1, 0.15) is 40.7 Å². The number of hydrogen-bond acceptors (Lipinski definition) is 3. The Labute approximate surface area is 197 Å². The highest BCUT2D eigenvalue weighted by Gasteiger charge is 2.33. The van der Waals surface area contributed by atoms with E-state index in [1.165, 1.54) is 31.0 Å². The number of nitrogens with zero attached hydrogens (tertiary/aromatic N) is 1. The molecule has 0 saturated heterocycles. The van der Waals surface area contributed by atoms with Crippen molar-refractivity contribution in [3.63, 3.8) is 0 Å². The number of rotatable bonds is 8. The molecule has 5 nitrogen and oxygen atoms in total. The first kappa shape index (κ1) is 23.5. The number of H-pyrrole nitrogens is 1. The van der Waals surface area contributed by atoms with E-state index in [2.05, 4.69) is 9.88 Å². The van der Waals surface area contributed by atoms with E-state index in [4.69, 9.17) is 10.5 Å². The zero-order valence-corrected chi connectivity index (χ0v) is 19.1. The van der Waals surface area contributed by atoms with E-state index in [0.717, 1.165) is 42.4 Å². The lowest BCUT2D eigenvalue weighted by molar-refractivity contribution is 0.0980. The largest absolute Gasteiger partial charge is 0.489 e. The highest BCUT2D eigenvalue weighted by molar-refractivity contribution is 5.95. The first-order valence-corrected chi connectivity index (χ1v) is 11.2. The van der Waals surface area contributed by atoms with Gasteiger partial charge in [-0.3, -0.25) is 9.69 Å². The summed E-state index contributed by atoms with van der Waals surface area (Å²) in [5.74, 6) is -0.412. The minimum atomic E-state index is -0.564. The van der Waals surface area contributed by atoms with Gasteiger partial charge in [-0.05, 0) is 80.5 Å². The third-order valence-electron chi connectivity index (χ3n) is 6.66. The van der Waals surface area contributed by atoms with Gasteiger partial charge in [0.05, 0.1) is 0 Å². The third kappa shape index (κ3) is 4.99. The molecule has 2 aromatic carbocycles. The van der Waals surface area contributed by atoms with Crippen molar-refractivity contribution in [1.82, 2.24) is 9.88 Å². The van der Waals surface area contributed by atoms with Crippen LogP contribution in [0.15, 0.2) is 36.5 Å². The fourth-order valence-electron chi connectivity index (χ4n) is 4.78. The van der Waals surface area contributed by atoms with Crippen molar-refractivity contribution >= 4 is 29.2 Å². The van der Waals surface area contributed by atoms with Crippen LogP contribution >= 0.6 is 12.4 Å². The molecule has 1 amide bonds. The Hall–Kier alpha value is -2.64. The lowest BCUT2D eigenvalue weighted by atomic mass is 9.95. The summed E-state index contributed by atoms with van der Waals surface area (Å²) in [7, 11) is 0. The van der Waals surface area contributed by atoms with Gasteiger partial charge in [0.25, 0.3) is 0 Å². The van der Waals surface area contributed by atoms with E-state index in [1.807, 2.05) is 6.20 Å². The second kappa shape index (κ2) is 9.69. The van der Waals surface area contributed by atoms with Crippen molar-refractivity contribution in [3.8, 4) is 5.75 Å². The van der Waals surface area contributed by atoms with Gasteiger partial charge in [-0.1, -0.05) is 0 Å². The minimum Gasteiger partial charge on any atom is -0.489 e. The lowest BCUT2D eigenvalue weighted by Crippen LogP contribution is -2.45. The van der Waals surface area contributed by atoms with Gasteiger partial charge in [-0.25, -0.2) is 8.78 Å². The van der Waals surface area contributed by atoms with Gasteiger partial charge in [-0.2, -0.15) is 0 Å². The minimum absolute atomic E-state index is 0. The maximum atomic E-state index is 14.3. The predicted molar refractivity (Wildman–Crippen MR) is 126 cm³/mol. The fourth-order valence-corrected chi connectivity index (χ4v) is 4.78. The molecule has 5 rings (SSSR count). The van der Waals surface area contributed by atoms with Gasteiger partial charge < -0.3 is 15.5 Å². The van der Waals surface area contributed by atoms with Gasteiger partial charge in [0.2, 0.25) is 5.91 Å². The number of amides is 1. The molecule has 2 aliphatic rings. The van der Waals surface area contributed by atoms with Gasteiger partial charge in [-0.15, -0.1) is 12.4 Å². The first-order chi connectivity index (χ1) is 15.5. The number of fused-ring (bicyclic) bond motifs is 2. The molecule has 1 aliphatic heterocycles. The van der Waals surface area contributed by atoms with Crippen LogP contribution in [0.4, 0.5) is 8.78 Å². The lowest BCUT2D eigenvalue weighted by Gasteiger charge is -2.36. The van der Waals surface area contributed by atoms with E-state index in [0.29, 0.717) is 30.1 Å². The number of nitrogens with one attached hydrogen (secondary N) is 1. The summed E-state index contributed by atoms with van der Waals surface area (Å²) in [5, 5.41) is 0.926. The Morgan fingerprint density at radius 2 is 2.03 bits per heavy atom. The summed E-state index contributed by atoms with van der Waals surface area (Å²) in [6.07, 6.45) is 6.68. The number of carbonyl (C=O) groups is 1. The van der Waals surface area contributed by atoms with Crippen LogP contribution in [0, 0.1) is 17.6 Å². The van der Waals surface area contributed by atoms with E-state index < -0.39 is 11.7 Å². The van der Waals surface area contributed by atoms with Crippen LogP contribution in [0.25, 0.3) is 10.9 Å².